The van der Waals surface area contributed by atoms with Crippen LogP contribution in [-0.4, -0.2) is 35.5 Å². The maximum absolute atomic E-state index is 13.1. The average molecular weight is 545 g/mol. The van der Waals surface area contributed by atoms with Gasteiger partial charge in [0.2, 0.25) is 11.6 Å². The molecular weight excluding hydrogens is 533 g/mol. The van der Waals surface area contributed by atoms with Crippen LogP contribution in [0.25, 0.3) is 11.6 Å². The maximum atomic E-state index is 13.1. The highest BCUT2D eigenvalue weighted by atomic mass is 35.5. The Morgan fingerprint density at radius 1 is 0.970 bits per heavy atom. The van der Waals surface area contributed by atoms with Gasteiger partial charge in [0.15, 0.2) is 28.3 Å². The normalized spacial score (nSPS) is 11.3. The first-order valence-corrected chi connectivity index (χ1v) is 12.4. The summed E-state index contributed by atoms with van der Waals surface area (Å²) in [7, 11) is -2.77. The van der Waals surface area contributed by atoms with Crippen molar-refractivity contribution in [1.29, 1.82) is 0 Å². The van der Waals surface area contributed by atoms with Crippen molar-refractivity contribution < 1.29 is 17.9 Å². The summed E-state index contributed by atoms with van der Waals surface area (Å²) in [6.07, 6.45) is 2.96. The third kappa shape index (κ3) is 5.12. The maximum Gasteiger partial charge on any atom is 0.265 e. The molecule has 9 nitrogen and oxygen atoms in total. The van der Waals surface area contributed by atoms with Crippen molar-refractivity contribution in [3.05, 3.63) is 62.6 Å². The zero-order chi connectivity index (χ0) is 23.6. The Hall–Kier alpha value is -2.70. The number of halogens is 3. The van der Waals surface area contributed by atoms with Crippen LogP contribution in [0.3, 0.4) is 0 Å². The SMILES string of the molecule is COc1ccccc1Oc1c(Cl)nc(-c2ncccn2)nc1NS(=O)(=O)c1cc(Cl)sc1Cl. The van der Waals surface area contributed by atoms with Gasteiger partial charge in [0.1, 0.15) is 9.23 Å². The Morgan fingerprint density at radius 3 is 2.30 bits per heavy atom. The largest absolute Gasteiger partial charge is 0.493 e. The molecule has 14 heteroatoms. The van der Waals surface area contributed by atoms with E-state index in [1.54, 1.807) is 30.3 Å². The quantitative estimate of drug-likeness (QED) is 0.301. The number of para-hydroxylation sites is 2. The minimum atomic E-state index is -4.23. The lowest BCUT2D eigenvalue weighted by molar-refractivity contribution is 0.378. The highest BCUT2D eigenvalue weighted by Crippen LogP contribution is 2.41. The van der Waals surface area contributed by atoms with Gasteiger partial charge in [-0.2, -0.15) is 0 Å². The smallest absolute Gasteiger partial charge is 0.265 e. The molecule has 0 aliphatic carbocycles. The highest BCUT2D eigenvalue weighted by molar-refractivity contribution is 7.93. The zero-order valence-corrected chi connectivity index (χ0v) is 20.4. The Bertz CT molecular complexity index is 1420. The fourth-order valence-electron chi connectivity index (χ4n) is 2.60. The van der Waals surface area contributed by atoms with E-state index < -0.39 is 10.0 Å². The van der Waals surface area contributed by atoms with E-state index in [2.05, 4.69) is 24.7 Å². The summed E-state index contributed by atoms with van der Waals surface area (Å²) < 4.78 is 39.8. The molecule has 170 valence electrons. The molecule has 0 bridgehead atoms. The van der Waals surface area contributed by atoms with E-state index >= 15 is 0 Å². The van der Waals surface area contributed by atoms with E-state index in [1.807, 2.05) is 0 Å². The first-order chi connectivity index (χ1) is 15.8. The number of hydrogen-bond acceptors (Lipinski definition) is 9. The second-order valence-electron chi connectivity index (χ2n) is 6.14. The molecule has 1 aromatic carbocycles. The van der Waals surface area contributed by atoms with E-state index in [0.29, 0.717) is 5.75 Å². The monoisotopic (exact) mass is 543 g/mol. The Kier molecular flexibility index (Phi) is 6.86. The predicted molar refractivity (Wildman–Crippen MR) is 126 cm³/mol. The number of benzene rings is 1. The Morgan fingerprint density at radius 2 is 1.67 bits per heavy atom. The number of anilines is 1. The van der Waals surface area contributed by atoms with Crippen molar-refractivity contribution >= 4 is 62.0 Å². The molecule has 0 unspecified atom stereocenters. The number of sulfonamides is 1. The summed E-state index contributed by atoms with van der Waals surface area (Å²) >= 11 is 19.3. The van der Waals surface area contributed by atoms with Crippen LogP contribution in [0.1, 0.15) is 0 Å². The van der Waals surface area contributed by atoms with E-state index in [-0.39, 0.29) is 47.7 Å². The van der Waals surface area contributed by atoms with Crippen LogP contribution in [-0.2, 0) is 10.0 Å². The first-order valence-electron chi connectivity index (χ1n) is 8.92. The van der Waals surface area contributed by atoms with Crippen molar-refractivity contribution in [2.45, 2.75) is 4.90 Å². The average Bonchev–Trinajstić information content (AvgIpc) is 3.15. The van der Waals surface area contributed by atoms with E-state index in [9.17, 15) is 8.42 Å². The summed E-state index contributed by atoms with van der Waals surface area (Å²) in [4.78, 5) is 16.3. The van der Waals surface area contributed by atoms with Crippen LogP contribution in [0.15, 0.2) is 53.7 Å². The molecule has 0 saturated carbocycles. The van der Waals surface area contributed by atoms with Crippen LogP contribution >= 0.6 is 46.1 Å². The molecule has 33 heavy (non-hydrogen) atoms. The van der Waals surface area contributed by atoms with Crippen molar-refractivity contribution in [2.75, 3.05) is 11.8 Å². The Balaban J connectivity index is 1.84. The van der Waals surface area contributed by atoms with Gasteiger partial charge in [-0.3, -0.25) is 4.72 Å². The topological polar surface area (TPSA) is 116 Å². The molecule has 0 radical (unpaired) electrons. The number of nitrogens with zero attached hydrogens (tertiary/aromatic N) is 4. The molecule has 0 atom stereocenters. The molecule has 1 N–H and O–H groups in total. The molecule has 0 aliphatic rings. The Labute approximate surface area is 207 Å². The molecule has 0 aliphatic heterocycles. The third-order valence-corrected chi connectivity index (χ3v) is 7.37. The van der Waals surface area contributed by atoms with Crippen LogP contribution < -0.4 is 14.2 Å². The van der Waals surface area contributed by atoms with Crippen LogP contribution in [0.2, 0.25) is 13.8 Å². The number of hydrogen-bond donors (Lipinski definition) is 1. The molecule has 4 aromatic rings. The van der Waals surface area contributed by atoms with Gasteiger partial charge >= 0.3 is 0 Å². The summed E-state index contributed by atoms with van der Waals surface area (Å²) in [6, 6.07) is 9.55. The molecule has 0 amide bonds. The second-order valence-corrected chi connectivity index (χ2v) is 10.4. The van der Waals surface area contributed by atoms with Crippen molar-refractivity contribution in [3.8, 4) is 28.9 Å². The molecule has 3 heterocycles. The molecular formula is C19H12Cl3N5O4S2. The van der Waals surface area contributed by atoms with Gasteiger partial charge < -0.3 is 9.47 Å². The lowest BCUT2D eigenvalue weighted by Crippen LogP contribution is -2.15. The minimum absolute atomic E-state index is 0.0218. The minimum Gasteiger partial charge on any atom is -0.493 e. The number of rotatable bonds is 7. The van der Waals surface area contributed by atoms with Gasteiger partial charge in [-0.15, -0.1) is 11.3 Å². The van der Waals surface area contributed by atoms with Crippen molar-refractivity contribution in [3.63, 3.8) is 0 Å². The second kappa shape index (κ2) is 9.65. The number of aromatic nitrogens is 4. The summed E-state index contributed by atoms with van der Waals surface area (Å²) in [5, 5.41) is -0.189. The van der Waals surface area contributed by atoms with Gasteiger partial charge in [0.05, 0.1) is 11.4 Å². The molecule has 0 fully saturated rings. The summed E-state index contributed by atoms with van der Waals surface area (Å²) in [5.41, 5.74) is 0. The van der Waals surface area contributed by atoms with Gasteiger partial charge in [-0.1, -0.05) is 46.9 Å². The lowest BCUT2D eigenvalue weighted by Gasteiger charge is -2.15. The van der Waals surface area contributed by atoms with Crippen LogP contribution in [0, 0.1) is 0 Å². The van der Waals surface area contributed by atoms with E-state index in [1.165, 1.54) is 25.6 Å². The van der Waals surface area contributed by atoms with Gasteiger partial charge in [-0.05, 0) is 24.3 Å². The molecule has 4 rings (SSSR count). The number of ether oxygens (including phenoxy) is 2. The predicted octanol–water partition coefficient (Wildman–Crippen LogP) is 5.56. The van der Waals surface area contributed by atoms with E-state index in [4.69, 9.17) is 44.3 Å². The highest BCUT2D eigenvalue weighted by Gasteiger charge is 2.26. The summed E-state index contributed by atoms with van der Waals surface area (Å²) in [5.74, 6) is 0.306. The third-order valence-electron chi connectivity index (χ3n) is 4.02. The molecule has 0 spiro atoms. The van der Waals surface area contributed by atoms with Crippen molar-refractivity contribution in [1.82, 2.24) is 19.9 Å². The van der Waals surface area contributed by atoms with Gasteiger partial charge in [0, 0.05) is 12.4 Å². The number of thiophene rings is 1. The van der Waals surface area contributed by atoms with Crippen LogP contribution in [0.4, 0.5) is 5.82 Å². The van der Waals surface area contributed by atoms with Gasteiger partial charge in [0.25, 0.3) is 10.0 Å². The fraction of sp³-hybridized carbons (Fsp3) is 0.0526. The number of nitrogens with one attached hydrogen (secondary N) is 1. The standard InChI is InChI=1S/C19H12Cl3N5O4S2/c1-30-10-5-2-3-6-11(10)31-14-15(21)25-19(18-23-7-4-8-24-18)26-17(14)27-33(28,29)12-9-13(20)32-16(12)22/h2-9H,1H3,(H,25,26,27). The fourth-order valence-corrected chi connectivity index (χ4v) is 5.96. The van der Waals surface area contributed by atoms with Gasteiger partial charge in [-0.25, -0.2) is 28.4 Å². The summed E-state index contributed by atoms with van der Waals surface area (Å²) in [6.45, 7) is 0. The lowest BCUT2D eigenvalue weighted by atomic mass is 10.3. The van der Waals surface area contributed by atoms with Crippen LogP contribution in [0.5, 0.6) is 17.2 Å². The number of methoxy groups -OCH3 is 1. The van der Waals surface area contributed by atoms with Crippen molar-refractivity contribution in [2.24, 2.45) is 0 Å². The first kappa shape index (κ1) is 23.5. The zero-order valence-electron chi connectivity index (χ0n) is 16.5. The van der Waals surface area contributed by atoms with E-state index in [0.717, 1.165) is 11.3 Å². The molecule has 3 aromatic heterocycles. The molecule has 0 saturated heterocycles.